The van der Waals surface area contributed by atoms with Crippen LogP contribution in [0.5, 0.6) is 0 Å². The van der Waals surface area contributed by atoms with E-state index in [2.05, 4.69) is 27.4 Å². The van der Waals surface area contributed by atoms with Gasteiger partial charge >= 0.3 is 0 Å². The van der Waals surface area contributed by atoms with E-state index in [1.54, 1.807) is 0 Å². The first-order valence-electron chi connectivity index (χ1n) is 8.99. The highest BCUT2D eigenvalue weighted by atomic mass is 32.1. The van der Waals surface area contributed by atoms with E-state index in [1.165, 1.54) is 38.5 Å². The van der Waals surface area contributed by atoms with Gasteiger partial charge in [-0.1, -0.05) is 30.3 Å². The molecule has 6 rings (SSSR count). The van der Waals surface area contributed by atoms with Gasteiger partial charge in [0, 0.05) is 5.41 Å². The lowest BCUT2D eigenvalue weighted by atomic mass is 9.49. The van der Waals surface area contributed by atoms with Crippen molar-refractivity contribution in [1.29, 1.82) is 0 Å². The average Bonchev–Trinajstić information content (AvgIpc) is 2.94. The predicted octanol–water partition coefficient (Wildman–Crippen LogP) is 4.29. The van der Waals surface area contributed by atoms with Gasteiger partial charge in [0.25, 0.3) is 0 Å². The number of H-pyrrole nitrogens is 1. The number of nitrogens with one attached hydrogen (secondary N) is 1. The van der Waals surface area contributed by atoms with Crippen LogP contribution in [0.4, 0.5) is 0 Å². The third-order valence-corrected chi connectivity index (χ3v) is 6.55. The van der Waals surface area contributed by atoms with Crippen LogP contribution in [-0.4, -0.2) is 21.1 Å². The largest absolute Gasteiger partial charge is 0.250 e. The van der Waals surface area contributed by atoms with Gasteiger partial charge in [-0.2, -0.15) is 14.9 Å². The molecule has 0 aliphatic heterocycles. The van der Waals surface area contributed by atoms with Gasteiger partial charge in [-0.15, -0.1) is 0 Å². The van der Waals surface area contributed by atoms with Crippen LogP contribution in [0.1, 0.15) is 49.9 Å². The SMILES string of the molecule is S=c1[nH]nc(C23CC4CC(CC(C4)C2)C3)n1/N=C/c1ccccc1. The molecule has 0 atom stereocenters. The Morgan fingerprint density at radius 3 is 2.33 bits per heavy atom. The summed E-state index contributed by atoms with van der Waals surface area (Å²) in [5.74, 6) is 3.72. The van der Waals surface area contributed by atoms with E-state index in [0.29, 0.717) is 4.77 Å². The molecular formula is C19H22N4S. The zero-order valence-corrected chi connectivity index (χ0v) is 14.5. The Labute approximate surface area is 147 Å². The van der Waals surface area contributed by atoms with Crippen molar-refractivity contribution in [2.24, 2.45) is 22.9 Å². The molecule has 0 spiro atoms. The van der Waals surface area contributed by atoms with Gasteiger partial charge in [0.2, 0.25) is 4.77 Å². The lowest BCUT2D eigenvalue weighted by Gasteiger charge is -2.55. The second-order valence-electron chi connectivity index (χ2n) is 8.02. The van der Waals surface area contributed by atoms with E-state index in [1.807, 2.05) is 29.1 Å². The van der Waals surface area contributed by atoms with Crippen molar-refractivity contribution in [3.8, 4) is 0 Å². The average molecular weight is 338 g/mol. The number of rotatable bonds is 3. The Morgan fingerprint density at radius 1 is 1.08 bits per heavy atom. The maximum absolute atomic E-state index is 5.47. The van der Waals surface area contributed by atoms with Crippen molar-refractivity contribution in [2.75, 3.05) is 0 Å². The van der Waals surface area contributed by atoms with Gasteiger partial charge in [0.15, 0.2) is 5.82 Å². The molecule has 1 N–H and O–H groups in total. The second-order valence-corrected chi connectivity index (χ2v) is 8.40. The molecule has 0 saturated heterocycles. The van der Waals surface area contributed by atoms with Crippen molar-refractivity contribution < 1.29 is 0 Å². The van der Waals surface area contributed by atoms with Crippen LogP contribution in [0.15, 0.2) is 35.4 Å². The van der Waals surface area contributed by atoms with E-state index >= 15 is 0 Å². The number of benzene rings is 1. The number of hydrogen-bond acceptors (Lipinski definition) is 3. The Morgan fingerprint density at radius 2 is 1.71 bits per heavy atom. The summed E-state index contributed by atoms with van der Waals surface area (Å²) in [5, 5.41) is 12.3. The standard InChI is InChI=1S/C19H22N4S/c24-18-22-21-17(23(18)20-12-13-4-2-1-3-5-13)19-9-14-6-15(10-19)8-16(7-14)11-19/h1-5,12,14-16H,6-11H2,(H,22,24)/b20-12+. The second kappa shape index (κ2) is 5.38. The third kappa shape index (κ3) is 2.29. The Kier molecular flexibility index (Phi) is 3.27. The van der Waals surface area contributed by atoms with E-state index in [4.69, 9.17) is 12.2 Å². The van der Waals surface area contributed by atoms with Crippen LogP contribution in [0.3, 0.4) is 0 Å². The highest BCUT2D eigenvalue weighted by molar-refractivity contribution is 7.71. The van der Waals surface area contributed by atoms with E-state index in [-0.39, 0.29) is 5.41 Å². The molecule has 0 unspecified atom stereocenters. The fraction of sp³-hybridized carbons (Fsp3) is 0.526. The summed E-state index contributed by atoms with van der Waals surface area (Å²) in [6.07, 6.45) is 9.96. The van der Waals surface area contributed by atoms with Gasteiger partial charge in [-0.25, -0.2) is 0 Å². The fourth-order valence-corrected chi connectivity index (χ4v) is 5.97. The zero-order chi connectivity index (χ0) is 16.1. The van der Waals surface area contributed by atoms with Crippen LogP contribution >= 0.6 is 12.2 Å². The number of hydrogen-bond donors (Lipinski definition) is 1. The first kappa shape index (κ1) is 14.6. The normalized spacial score (nSPS) is 34.2. The van der Waals surface area contributed by atoms with Gasteiger partial charge < -0.3 is 0 Å². The number of aromatic amines is 1. The highest BCUT2D eigenvalue weighted by Gasteiger charge is 2.53. The van der Waals surface area contributed by atoms with Gasteiger partial charge in [0.1, 0.15) is 0 Å². The molecule has 0 amide bonds. The van der Waals surface area contributed by atoms with Gasteiger partial charge in [0.05, 0.1) is 6.21 Å². The molecule has 0 radical (unpaired) electrons. The molecular weight excluding hydrogens is 316 g/mol. The molecule has 4 saturated carbocycles. The minimum atomic E-state index is 0.191. The first-order valence-corrected chi connectivity index (χ1v) is 9.40. The quantitative estimate of drug-likeness (QED) is 0.670. The molecule has 4 nitrogen and oxygen atoms in total. The Balaban J connectivity index is 1.54. The van der Waals surface area contributed by atoms with Crippen LogP contribution in [0.2, 0.25) is 0 Å². The summed E-state index contributed by atoms with van der Waals surface area (Å²) < 4.78 is 2.49. The molecule has 24 heavy (non-hydrogen) atoms. The van der Waals surface area contributed by atoms with Crippen molar-refractivity contribution in [2.45, 2.75) is 43.9 Å². The van der Waals surface area contributed by atoms with E-state index in [0.717, 1.165) is 29.1 Å². The summed E-state index contributed by atoms with van der Waals surface area (Å²) in [4.78, 5) is 0. The van der Waals surface area contributed by atoms with Gasteiger partial charge in [-0.3, -0.25) is 5.10 Å². The maximum atomic E-state index is 5.47. The van der Waals surface area contributed by atoms with Crippen molar-refractivity contribution in [3.63, 3.8) is 0 Å². The Bertz CT molecular complexity index is 797. The molecule has 1 heterocycles. The van der Waals surface area contributed by atoms with Crippen LogP contribution < -0.4 is 0 Å². The lowest BCUT2D eigenvalue weighted by Crippen LogP contribution is -2.49. The molecule has 1 aromatic heterocycles. The minimum absolute atomic E-state index is 0.191. The lowest BCUT2D eigenvalue weighted by molar-refractivity contribution is -0.0109. The molecule has 4 fully saturated rings. The Hall–Kier alpha value is -1.75. The molecule has 124 valence electrons. The van der Waals surface area contributed by atoms with Crippen molar-refractivity contribution >= 4 is 18.4 Å². The van der Waals surface area contributed by atoms with Crippen molar-refractivity contribution in [3.05, 3.63) is 46.5 Å². The topological polar surface area (TPSA) is 46.0 Å². The minimum Gasteiger partial charge on any atom is -0.250 e. The van der Waals surface area contributed by atoms with Crippen molar-refractivity contribution in [1.82, 2.24) is 14.9 Å². The monoisotopic (exact) mass is 338 g/mol. The first-order chi connectivity index (χ1) is 11.7. The smallest absolute Gasteiger partial charge is 0.216 e. The van der Waals surface area contributed by atoms with Crippen LogP contribution in [0, 0.1) is 22.5 Å². The number of aromatic nitrogens is 3. The molecule has 4 aliphatic carbocycles. The highest BCUT2D eigenvalue weighted by Crippen LogP contribution is 2.60. The molecule has 2 aromatic rings. The molecule has 1 aromatic carbocycles. The van der Waals surface area contributed by atoms with E-state index < -0.39 is 0 Å². The number of nitrogens with zero attached hydrogens (tertiary/aromatic N) is 3. The summed E-state index contributed by atoms with van der Waals surface area (Å²) in [6.45, 7) is 0. The zero-order valence-electron chi connectivity index (χ0n) is 13.7. The third-order valence-electron chi connectivity index (χ3n) is 6.28. The fourth-order valence-electron chi connectivity index (χ4n) is 5.79. The van der Waals surface area contributed by atoms with Crippen LogP contribution in [0.25, 0.3) is 0 Å². The summed E-state index contributed by atoms with van der Waals surface area (Å²) in [6, 6.07) is 10.2. The van der Waals surface area contributed by atoms with Crippen LogP contribution in [-0.2, 0) is 5.41 Å². The summed E-state index contributed by atoms with van der Waals surface area (Å²) >= 11 is 5.47. The summed E-state index contributed by atoms with van der Waals surface area (Å²) in [7, 11) is 0. The van der Waals surface area contributed by atoms with Gasteiger partial charge in [-0.05, 0) is 74.1 Å². The maximum Gasteiger partial charge on any atom is 0.216 e. The summed E-state index contributed by atoms with van der Waals surface area (Å²) in [5.41, 5.74) is 1.27. The molecule has 4 aliphatic rings. The van der Waals surface area contributed by atoms with E-state index in [9.17, 15) is 0 Å². The predicted molar refractivity (Wildman–Crippen MR) is 96.7 cm³/mol. The molecule has 5 heteroatoms. The molecule has 4 bridgehead atoms.